The molecule has 3 rings (SSSR count). The number of aryl methyl sites for hydroxylation is 1. The van der Waals surface area contributed by atoms with Gasteiger partial charge in [0.25, 0.3) is 5.91 Å². The molecule has 0 aliphatic heterocycles. The maximum Gasteiger partial charge on any atom is 0.291 e. The van der Waals surface area contributed by atoms with Crippen LogP contribution in [0.5, 0.6) is 0 Å². The Morgan fingerprint density at radius 3 is 2.78 bits per heavy atom. The third kappa shape index (κ3) is 2.94. The summed E-state index contributed by atoms with van der Waals surface area (Å²) in [6, 6.07) is 14.5. The van der Waals surface area contributed by atoms with Crippen LogP contribution in [0.2, 0.25) is 0 Å². The first-order valence-corrected chi connectivity index (χ1v) is 6.96. The minimum absolute atomic E-state index is 0.341. The molecule has 1 amide bonds. The van der Waals surface area contributed by atoms with Gasteiger partial charge in [-0.1, -0.05) is 18.2 Å². The molecule has 0 aliphatic rings. The van der Waals surface area contributed by atoms with Gasteiger partial charge in [-0.25, -0.2) is 10.4 Å². The Labute approximate surface area is 132 Å². The Kier molecular flexibility index (Phi) is 3.85. The number of carbonyl (C=O) groups is 1. The third-order valence-corrected chi connectivity index (χ3v) is 3.40. The second-order valence-electron chi connectivity index (χ2n) is 4.91. The summed E-state index contributed by atoms with van der Waals surface area (Å²) >= 11 is 0. The molecule has 2 heterocycles. The average molecular weight is 303 g/mol. The number of fused-ring (bicyclic) bond motifs is 1. The summed E-state index contributed by atoms with van der Waals surface area (Å²) in [6.45, 7) is 1.83. The smallest absolute Gasteiger partial charge is 0.291 e. The Balaban J connectivity index is 1.74. The normalized spacial score (nSPS) is 10.8. The lowest BCUT2D eigenvalue weighted by molar-refractivity contribution is 0.0950. The predicted octanol–water partition coefficient (Wildman–Crippen LogP) is 2.28. The van der Waals surface area contributed by atoms with E-state index in [4.69, 9.17) is 5.26 Å². The van der Waals surface area contributed by atoms with Gasteiger partial charge in [0.1, 0.15) is 5.65 Å². The molecule has 0 unspecified atom stereocenters. The number of hydrazone groups is 1. The summed E-state index contributed by atoms with van der Waals surface area (Å²) in [5, 5.41) is 12.7. The minimum atomic E-state index is -0.365. The molecule has 1 N–H and O–H groups in total. The summed E-state index contributed by atoms with van der Waals surface area (Å²) in [5.74, 6) is -0.365. The molecular weight excluding hydrogens is 290 g/mol. The molecule has 0 bridgehead atoms. The van der Waals surface area contributed by atoms with E-state index in [9.17, 15) is 4.79 Å². The van der Waals surface area contributed by atoms with Crippen LogP contribution in [-0.2, 0) is 0 Å². The molecule has 1 aromatic carbocycles. The van der Waals surface area contributed by atoms with Gasteiger partial charge < -0.3 is 4.40 Å². The first-order chi connectivity index (χ1) is 11.2. The lowest BCUT2D eigenvalue weighted by Crippen LogP contribution is -2.19. The molecule has 0 radical (unpaired) electrons. The van der Waals surface area contributed by atoms with E-state index in [0.29, 0.717) is 16.9 Å². The highest BCUT2D eigenvalue weighted by molar-refractivity contribution is 5.95. The molecule has 0 aliphatic carbocycles. The van der Waals surface area contributed by atoms with Crippen LogP contribution in [0.3, 0.4) is 0 Å². The predicted molar refractivity (Wildman–Crippen MR) is 86.1 cm³/mol. The molecule has 112 valence electrons. The summed E-state index contributed by atoms with van der Waals surface area (Å²) in [5.41, 5.74) is 5.64. The van der Waals surface area contributed by atoms with Crippen LogP contribution in [0.1, 0.15) is 27.3 Å². The summed E-state index contributed by atoms with van der Waals surface area (Å²) in [7, 11) is 0. The molecule has 0 fully saturated rings. The van der Waals surface area contributed by atoms with Crippen molar-refractivity contribution in [2.24, 2.45) is 5.10 Å². The van der Waals surface area contributed by atoms with Gasteiger partial charge in [-0.15, -0.1) is 0 Å². The number of nitrogens with one attached hydrogen (secondary N) is 1. The van der Waals surface area contributed by atoms with Gasteiger partial charge >= 0.3 is 0 Å². The van der Waals surface area contributed by atoms with Crippen molar-refractivity contribution in [2.45, 2.75) is 6.92 Å². The molecule has 0 saturated carbocycles. The lowest BCUT2D eigenvalue weighted by atomic mass is 10.2. The Hall–Kier alpha value is -3.46. The summed E-state index contributed by atoms with van der Waals surface area (Å²) in [4.78, 5) is 16.5. The van der Waals surface area contributed by atoms with E-state index in [0.717, 1.165) is 11.3 Å². The van der Waals surface area contributed by atoms with Crippen molar-refractivity contribution in [3.8, 4) is 6.07 Å². The number of aromatic nitrogens is 2. The van der Waals surface area contributed by atoms with Crippen LogP contribution >= 0.6 is 0 Å². The maximum atomic E-state index is 12.2. The Morgan fingerprint density at radius 1 is 1.30 bits per heavy atom. The molecule has 0 saturated heterocycles. The number of carbonyl (C=O) groups excluding carboxylic acids is 1. The minimum Gasteiger partial charge on any atom is -0.304 e. The highest BCUT2D eigenvalue weighted by Gasteiger charge is 2.14. The van der Waals surface area contributed by atoms with Gasteiger partial charge in [0, 0.05) is 6.20 Å². The van der Waals surface area contributed by atoms with Crippen LogP contribution in [-0.4, -0.2) is 21.5 Å². The first kappa shape index (κ1) is 14.5. The topological polar surface area (TPSA) is 82.5 Å². The van der Waals surface area contributed by atoms with Gasteiger partial charge in [-0.3, -0.25) is 4.79 Å². The number of nitriles is 1. The Bertz CT molecular complexity index is 932. The second-order valence-corrected chi connectivity index (χ2v) is 4.91. The number of hydrogen-bond acceptors (Lipinski definition) is 4. The number of amides is 1. The van der Waals surface area contributed by atoms with Crippen LogP contribution in [0, 0.1) is 18.3 Å². The largest absolute Gasteiger partial charge is 0.304 e. The maximum absolute atomic E-state index is 12.2. The molecular formula is C17H13N5O. The van der Waals surface area contributed by atoms with Crippen molar-refractivity contribution < 1.29 is 4.79 Å². The standard InChI is InChI=1S/C17H13N5O/c1-12-16(20-15-4-2-3-9-22(12)15)17(23)21-19-11-14-7-5-13(10-18)6-8-14/h2-9,11H,1H3,(H,21,23)/b19-11+. The molecule has 0 atom stereocenters. The number of rotatable bonds is 3. The van der Waals surface area contributed by atoms with Crippen LogP contribution < -0.4 is 5.43 Å². The second kappa shape index (κ2) is 6.12. The lowest BCUT2D eigenvalue weighted by Gasteiger charge is -1.98. The van der Waals surface area contributed by atoms with Crippen LogP contribution in [0.15, 0.2) is 53.8 Å². The summed E-state index contributed by atoms with van der Waals surface area (Å²) in [6.07, 6.45) is 3.37. The third-order valence-electron chi connectivity index (χ3n) is 3.40. The van der Waals surface area contributed by atoms with Crippen LogP contribution in [0.4, 0.5) is 0 Å². The average Bonchev–Trinajstić information content (AvgIpc) is 2.93. The van der Waals surface area contributed by atoms with E-state index in [1.807, 2.05) is 41.8 Å². The molecule has 6 nitrogen and oxygen atoms in total. The number of pyridine rings is 1. The number of imidazole rings is 1. The zero-order valence-electron chi connectivity index (χ0n) is 12.4. The number of benzene rings is 1. The van der Waals surface area contributed by atoms with Gasteiger partial charge in [-0.2, -0.15) is 10.4 Å². The highest BCUT2D eigenvalue weighted by Crippen LogP contribution is 2.11. The first-order valence-electron chi connectivity index (χ1n) is 6.96. The van der Waals surface area contributed by atoms with Crippen LogP contribution in [0.25, 0.3) is 5.65 Å². The fourth-order valence-corrected chi connectivity index (χ4v) is 2.20. The van der Waals surface area contributed by atoms with E-state index in [2.05, 4.69) is 15.5 Å². The van der Waals surface area contributed by atoms with Crippen molar-refractivity contribution in [1.29, 1.82) is 5.26 Å². The fourth-order valence-electron chi connectivity index (χ4n) is 2.20. The van der Waals surface area contributed by atoms with Crippen molar-refractivity contribution in [3.05, 3.63) is 71.2 Å². The summed E-state index contributed by atoms with van der Waals surface area (Å²) < 4.78 is 1.85. The van der Waals surface area contributed by atoms with E-state index < -0.39 is 0 Å². The van der Waals surface area contributed by atoms with Crippen molar-refractivity contribution >= 4 is 17.8 Å². The molecule has 3 aromatic rings. The highest BCUT2D eigenvalue weighted by atomic mass is 16.2. The fraction of sp³-hybridized carbons (Fsp3) is 0.0588. The number of nitrogens with zero attached hydrogens (tertiary/aromatic N) is 4. The number of hydrogen-bond donors (Lipinski definition) is 1. The van der Waals surface area contributed by atoms with Gasteiger partial charge in [0.05, 0.1) is 23.5 Å². The molecule has 6 heteroatoms. The van der Waals surface area contributed by atoms with Gasteiger partial charge in [-0.05, 0) is 36.8 Å². The zero-order chi connectivity index (χ0) is 16.2. The zero-order valence-corrected chi connectivity index (χ0v) is 12.4. The molecule has 0 spiro atoms. The molecule has 23 heavy (non-hydrogen) atoms. The van der Waals surface area contributed by atoms with E-state index >= 15 is 0 Å². The van der Waals surface area contributed by atoms with E-state index in [-0.39, 0.29) is 5.91 Å². The quantitative estimate of drug-likeness (QED) is 0.595. The van der Waals surface area contributed by atoms with E-state index in [1.165, 1.54) is 6.21 Å². The SMILES string of the molecule is Cc1c(C(=O)N/N=C/c2ccc(C#N)cc2)nc2ccccn12. The Morgan fingerprint density at radius 2 is 2.09 bits per heavy atom. The van der Waals surface area contributed by atoms with Crippen molar-refractivity contribution in [2.75, 3.05) is 0 Å². The van der Waals surface area contributed by atoms with Crippen molar-refractivity contribution in [3.63, 3.8) is 0 Å². The monoisotopic (exact) mass is 303 g/mol. The van der Waals surface area contributed by atoms with Gasteiger partial charge in [0.15, 0.2) is 5.69 Å². The van der Waals surface area contributed by atoms with Crippen molar-refractivity contribution in [1.82, 2.24) is 14.8 Å². The van der Waals surface area contributed by atoms with Gasteiger partial charge in [0.2, 0.25) is 0 Å². The van der Waals surface area contributed by atoms with E-state index in [1.54, 1.807) is 24.3 Å². The molecule has 2 aromatic heterocycles.